The predicted molar refractivity (Wildman–Crippen MR) is 165 cm³/mol. The average molecular weight is 555 g/mol. The molecule has 0 saturated heterocycles. The molecular weight excluding hydrogens is 508 g/mol. The fourth-order valence-electron chi connectivity index (χ4n) is 7.27. The molecule has 1 unspecified atom stereocenters. The molecule has 0 aromatic heterocycles. The van der Waals surface area contributed by atoms with Crippen LogP contribution in [0.5, 0.6) is 0 Å². The first-order valence-electron chi connectivity index (χ1n) is 15.0. The van der Waals surface area contributed by atoms with Gasteiger partial charge in [-0.25, -0.2) is 0 Å². The van der Waals surface area contributed by atoms with E-state index in [-0.39, 0.29) is 0 Å². The van der Waals surface area contributed by atoms with Gasteiger partial charge < -0.3 is 0 Å². The van der Waals surface area contributed by atoms with Gasteiger partial charge in [-0.1, -0.05) is 0 Å². The molecule has 0 saturated carbocycles. The summed E-state index contributed by atoms with van der Waals surface area (Å²) >= 11 is -2.80. The van der Waals surface area contributed by atoms with Gasteiger partial charge in [-0.3, -0.25) is 0 Å². The number of hydrogen-bond donors (Lipinski definition) is 0. The molecule has 0 bridgehead atoms. The molecule has 0 heterocycles. The fourth-order valence-corrected chi connectivity index (χ4v) is 18.5. The van der Waals surface area contributed by atoms with E-state index in [0.717, 1.165) is 0 Å². The fraction of sp³-hybridized carbons (Fsp3) is 0.389. The van der Waals surface area contributed by atoms with Gasteiger partial charge >= 0.3 is 238 Å². The zero-order valence-electron chi connectivity index (χ0n) is 24.1. The molecule has 5 rings (SSSR count). The molecule has 3 aromatic rings. The van der Waals surface area contributed by atoms with Crippen LogP contribution in [0.1, 0.15) is 56.2 Å². The van der Waals surface area contributed by atoms with E-state index in [2.05, 4.69) is 118 Å². The zero-order chi connectivity index (χ0) is 26.6. The van der Waals surface area contributed by atoms with Crippen molar-refractivity contribution in [3.05, 3.63) is 128 Å². The molecule has 3 aromatic carbocycles. The molecule has 0 amide bonds. The molecular formula is C36H46SiTi. The predicted octanol–water partition coefficient (Wildman–Crippen LogP) is 10.2. The molecule has 38 heavy (non-hydrogen) atoms. The zero-order valence-corrected chi connectivity index (χ0v) is 26.7. The van der Waals surface area contributed by atoms with E-state index in [1.165, 1.54) is 51.9 Å². The van der Waals surface area contributed by atoms with Crippen LogP contribution < -0.4 is 0 Å². The second kappa shape index (κ2) is 12.1. The van der Waals surface area contributed by atoms with E-state index in [0.29, 0.717) is 5.92 Å². The summed E-state index contributed by atoms with van der Waals surface area (Å²) in [6.45, 7) is 10.3. The maximum atomic E-state index is 2.64. The summed E-state index contributed by atoms with van der Waals surface area (Å²) in [6, 6.07) is 37.4. The second-order valence-corrected chi connectivity index (χ2v) is 24.6. The molecule has 198 valence electrons. The van der Waals surface area contributed by atoms with Crippen molar-refractivity contribution in [2.75, 3.05) is 0 Å². The van der Waals surface area contributed by atoms with Gasteiger partial charge in [0.25, 0.3) is 0 Å². The molecule has 2 heteroatoms. The standard InChI is InChI=1S/C15H25Si.3C7H7.Ti/c1-5-16(3,4)11-14-10-13-8-6-7-9-15(13)12(14)2;3*1-7-5-3-2-4-6-7;/h12H,5-9,11H2,1-4H3;3*2-6H,1H2;. The second-order valence-electron chi connectivity index (χ2n) is 12.8. The third kappa shape index (κ3) is 6.11. The number of benzene rings is 3. The Balaban J connectivity index is 1.76. The molecule has 0 aliphatic heterocycles. The van der Waals surface area contributed by atoms with E-state index in [9.17, 15) is 0 Å². The summed E-state index contributed by atoms with van der Waals surface area (Å²) < 4.78 is 5.81. The molecule has 0 spiro atoms. The van der Waals surface area contributed by atoms with Crippen molar-refractivity contribution in [3.8, 4) is 0 Å². The topological polar surface area (TPSA) is 0 Å². The van der Waals surface area contributed by atoms with Crippen molar-refractivity contribution >= 4 is 8.07 Å². The van der Waals surface area contributed by atoms with Gasteiger partial charge in [0.2, 0.25) is 0 Å². The molecule has 2 aliphatic rings. The van der Waals surface area contributed by atoms with Crippen LogP contribution in [0.15, 0.2) is 112 Å². The van der Waals surface area contributed by atoms with Gasteiger partial charge in [0.1, 0.15) is 0 Å². The Morgan fingerprint density at radius 2 is 1.13 bits per heavy atom. The van der Waals surface area contributed by atoms with Crippen molar-refractivity contribution in [2.45, 2.75) is 78.9 Å². The molecule has 0 nitrogen and oxygen atoms in total. The summed E-state index contributed by atoms with van der Waals surface area (Å²) in [5.41, 5.74) is 10.2. The van der Waals surface area contributed by atoms with Crippen molar-refractivity contribution in [1.82, 2.24) is 0 Å². The van der Waals surface area contributed by atoms with Crippen LogP contribution in [0.2, 0.25) is 25.2 Å². The maximum absolute atomic E-state index is 2.80. The Morgan fingerprint density at radius 3 is 1.58 bits per heavy atom. The monoisotopic (exact) mass is 554 g/mol. The minimum atomic E-state index is -2.80. The first-order valence-corrected chi connectivity index (χ1v) is 22.5. The number of rotatable bonds is 10. The molecule has 2 aliphatic carbocycles. The SMILES string of the molecule is CC[Si](C)(C)CC1=[C]([Ti]([CH2]c2ccccc2)([CH2]c2ccccc2)[CH2]c2ccccc2)C2=C(CCCC2)C1C. The van der Waals surface area contributed by atoms with Crippen LogP contribution in [0.25, 0.3) is 0 Å². The third-order valence-electron chi connectivity index (χ3n) is 9.49. The molecule has 0 N–H and O–H groups in total. The average Bonchev–Trinajstić information content (AvgIpc) is 3.21. The van der Waals surface area contributed by atoms with Gasteiger partial charge in [0.05, 0.1) is 0 Å². The van der Waals surface area contributed by atoms with Gasteiger partial charge in [0.15, 0.2) is 0 Å². The summed E-state index contributed by atoms with van der Waals surface area (Å²) in [5.74, 6) is 0.658. The first-order chi connectivity index (χ1) is 18.4. The van der Waals surface area contributed by atoms with E-state index >= 15 is 0 Å². The Labute approximate surface area is 236 Å². The van der Waals surface area contributed by atoms with Gasteiger partial charge in [-0.2, -0.15) is 0 Å². The summed E-state index contributed by atoms with van der Waals surface area (Å²) in [4.78, 5) is 0. The number of allylic oxidation sites excluding steroid dienone is 4. The Hall–Kier alpha value is -1.93. The van der Waals surface area contributed by atoms with E-state index in [1.54, 1.807) is 16.7 Å². The van der Waals surface area contributed by atoms with E-state index in [1.807, 2.05) is 20.6 Å². The van der Waals surface area contributed by atoms with Crippen LogP contribution in [0.3, 0.4) is 0 Å². The summed E-state index contributed by atoms with van der Waals surface area (Å²) in [5, 5.41) is 0. The van der Waals surface area contributed by atoms with Crippen LogP contribution in [-0.2, 0) is 30.8 Å². The van der Waals surface area contributed by atoms with Gasteiger partial charge in [0, 0.05) is 0 Å². The van der Waals surface area contributed by atoms with Crippen LogP contribution >= 0.6 is 0 Å². The summed E-state index contributed by atoms with van der Waals surface area (Å²) in [7, 11) is -1.30. The quantitative estimate of drug-likeness (QED) is 0.219. The van der Waals surface area contributed by atoms with E-state index in [4.69, 9.17) is 0 Å². The minimum absolute atomic E-state index is 0.658. The third-order valence-corrected chi connectivity index (χ3v) is 20.5. The Morgan fingerprint density at radius 1 is 0.684 bits per heavy atom. The summed E-state index contributed by atoms with van der Waals surface area (Å²) in [6.07, 6.45) is 5.40. The molecule has 0 radical (unpaired) electrons. The van der Waals surface area contributed by atoms with Crippen LogP contribution in [0, 0.1) is 5.92 Å². The van der Waals surface area contributed by atoms with E-state index < -0.39 is 24.7 Å². The van der Waals surface area contributed by atoms with Crippen molar-refractivity contribution in [3.63, 3.8) is 0 Å². The molecule has 0 fully saturated rings. The Kier molecular flexibility index (Phi) is 8.78. The molecule has 1 atom stereocenters. The first kappa shape index (κ1) is 27.6. The Bertz CT molecular complexity index is 1170. The van der Waals surface area contributed by atoms with Gasteiger partial charge in [-0.15, -0.1) is 0 Å². The normalized spacial score (nSPS) is 18.2. The van der Waals surface area contributed by atoms with Crippen molar-refractivity contribution in [1.29, 1.82) is 0 Å². The van der Waals surface area contributed by atoms with Gasteiger partial charge in [-0.05, 0) is 0 Å². The van der Waals surface area contributed by atoms with Crippen molar-refractivity contribution < 1.29 is 16.6 Å². The van der Waals surface area contributed by atoms with Crippen LogP contribution in [0.4, 0.5) is 0 Å². The number of hydrogen-bond acceptors (Lipinski definition) is 0. The van der Waals surface area contributed by atoms with Crippen LogP contribution in [-0.4, -0.2) is 8.07 Å². The van der Waals surface area contributed by atoms with Crippen molar-refractivity contribution in [2.24, 2.45) is 5.92 Å².